The van der Waals surface area contributed by atoms with Gasteiger partial charge in [0.1, 0.15) is 6.10 Å². The number of rotatable bonds is 7. The monoisotopic (exact) mass is 484 g/mol. The molecule has 2 aliphatic heterocycles. The Morgan fingerprint density at radius 2 is 1.83 bits per heavy atom. The van der Waals surface area contributed by atoms with Gasteiger partial charge in [0.25, 0.3) is 0 Å². The molecule has 4 fully saturated rings. The zero-order chi connectivity index (χ0) is 24.5. The van der Waals surface area contributed by atoms with Crippen molar-refractivity contribution in [3.05, 3.63) is 11.6 Å². The zero-order valence-corrected chi connectivity index (χ0v) is 21.7. The first-order chi connectivity index (χ1) is 17.2. The van der Waals surface area contributed by atoms with Crippen LogP contribution in [0.1, 0.15) is 84.5 Å². The summed E-state index contributed by atoms with van der Waals surface area (Å²) in [4.78, 5) is 0. The minimum absolute atomic E-state index is 0.0954. The van der Waals surface area contributed by atoms with Gasteiger partial charge in [-0.25, -0.2) is 0 Å². The molecule has 5 nitrogen and oxygen atoms in total. The van der Waals surface area contributed by atoms with E-state index in [0.717, 1.165) is 83.8 Å². The lowest BCUT2D eigenvalue weighted by molar-refractivity contribution is -0.192. The maximum Gasteiger partial charge on any atom is 0.159 e. The molecule has 0 spiro atoms. The van der Waals surface area contributed by atoms with Crippen molar-refractivity contribution in [1.29, 1.82) is 0 Å². The van der Waals surface area contributed by atoms with E-state index in [4.69, 9.17) is 18.9 Å². The van der Waals surface area contributed by atoms with Crippen LogP contribution in [0.4, 0.5) is 0 Å². The van der Waals surface area contributed by atoms with E-state index in [9.17, 15) is 5.11 Å². The van der Waals surface area contributed by atoms with Gasteiger partial charge in [-0.15, -0.1) is 11.8 Å². The Kier molecular flexibility index (Phi) is 10.6. The summed E-state index contributed by atoms with van der Waals surface area (Å²) in [6.07, 6.45) is 12.7. The quantitative estimate of drug-likeness (QED) is 0.397. The third-order valence-corrected chi connectivity index (χ3v) is 7.94. The minimum atomic E-state index is -0.205. The van der Waals surface area contributed by atoms with E-state index in [1.165, 1.54) is 5.57 Å². The van der Waals surface area contributed by atoms with Crippen LogP contribution < -0.4 is 0 Å². The summed E-state index contributed by atoms with van der Waals surface area (Å²) in [6.45, 7) is 5.94. The predicted molar refractivity (Wildman–Crippen MR) is 136 cm³/mol. The fraction of sp³-hybridized carbons (Fsp3) is 0.800. The summed E-state index contributed by atoms with van der Waals surface area (Å²) in [5.41, 5.74) is 1.37. The van der Waals surface area contributed by atoms with Gasteiger partial charge in [0.15, 0.2) is 12.6 Å². The van der Waals surface area contributed by atoms with E-state index >= 15 is 0 Å². The fourth-order valence-corrected chi connectivity index (χ4v) is 6.03. The van der Waals surface area contributed by atoms with Crippen molar-refractivity contribution in [2.24, 2.45) is 23.7 Å². The SMILES string of the molecule is CCC#CCC(C)[C@@H](C#C[C@@H]1[C@H]2CC(=CCO)C[C@H]2C[C@H]1OC1CCCCO1)OC1CCCCO1. The van der Waals surface area contributed by atoms with Crippen LogP contribution >= 0.6 is 0 Å². The first-order valence-corrected chi connectivity index (χ1v) is 14.0. The summed E-state index contributed by atoms with van der Waals surface area (Å²) < 4.78 is 24.8. The molecule has 35 heavy (non-hydrogen) atoms. The Bertz CT molecular complexity index is 802. The molecule has 5 heteroatoms. The third kappa shape index (κ3) is 7.58. The second-order valence-corrected chi connectivity index (χ2v) is 10.6. The Morgan fingerprint density at radius 3 is 2.51 bits per heavy atom. The Labute approximate surface area is 212 Å². The largest absolute Gasteiger partial charge is 0.392 e. The standard InChI is InChI=1S/C30H44O5/c1-3-4-5-10-22(2)27(34-29-11-6-8-17-32-29)14-13-25-26-20-23(15-16-31)19-24(26)21-28(25)35-30-12-7-9-18-33-30/h15,22,24-31H,3,6-12,16-21H2,1-2H3/t22?,24-,25+,26-,27+,28+,29?,30?/m0/s1. The lowest BCUT2D eigenvalue weighted by Crippen LogP contribution is -2.32. The Balaban J connectivity index is 1.51. The van der Waals surface area contributed by atoms with Gasteiger partial charge < -0.3 is 24.1 Å². The van der Waals surface area contributed by atoms with Crippen LogP contribution in [0.5, 0.6) is 0 Å². The Morgan fingerprint density at radius 1 is 1.06 bits per heavy atom. The number of aliphatic hydroxyl groups is 1. The highest BCUT2D eigenvalue weighted by atomic mass is 16.7. The molecule has 0 aromatic rings. The highest BCUT2D eigenvalue weighted by Crippen LogP contribution is 2.51. The molecule has 2 aliphatic carbocycles. The van der Waals surface area contributed by atoms with E-state index in [0.29, 0.717) is 11.8 Å². The van der Waals surface area contributed by atoms with Crippen molar-refractivity contribution in [3.8, 4) is 23.7 Å². The van der Waals surface area contributed by atoms with Crippen LogP contribution in [0, 0.1) is 47.4 Å². The van der Waals surface area contributed by atoms with Crippen LogP contribution in [0.2, 0.25) is 0 Å². The van der Waals surface area contributed by atoms with Crippen LogP contribution in [0.25, 0.3) is 0 Å². The maximum atomic E-state index is 9.42. The highest BCUT2D eigenvalue weighted by Gasteiger charge is 2.47. The smallest absolute Gasteiger partial charge is 0.159 e. The highest BCUT2D eigenvalue weighted by molar-refractivity contribution is 5.22. The van der Waals surface area contributed by atoms with Gasteiger partial charge in [0, 0.05) is 32.0 Å². The molecule has 0 aromatic heterocycles. The van der Waals surface area contributed by atoms with Gasteiger partial charge >= 0.3 is 0 Å². The molecular formula is C30H44O5. The molecule has 0 aromatic carbocycles. The maximum absolute atomic E-state index is 9.42. The van der Waals surface area contributed by atoms with Crippen LogP contribution in [0.15, 0.2) is 11.6 Å². The lowest BCUT2D eigenvalue weighted by atomic mass is 9.90. The van der Waals surface area contributed by atoms with Crippen molar-refractivity contribution in [3.63, 3.8) is 0 Å². The van der Waals surface area contributed by atoms with E-state index in [1.807, 2.05) is 6.08 Å². The Hall–Kier alpha value is -1.34. The lowest BCUT2D eigenvalue weighted by Gasteiger charge is -2.29. The predicted octanol–water partition coefficient (Wildman–Crippen LogP) is 5.22. The first kappa shape index (κ1) is 26.7. The van der Waals surface area contributed by atoms with Crippen LogP contribution in [-0.2, 0) is 18.9 Å². The summed E-state index contributed by atoms with van der Waals surface area (Å²) in [6, 6.07) is 0. The van der Waals surface area contributed by atoms with E-state index in [1.54, 1.807) is 0 Å². The van der Waals surface area contributed by atoms with E-state index in [2.05, 4.69) is 37.5 Å². The van der Waals surface area contributed by atoms with E-state index < -0.39 is 0 Å². The number of fused-ring (bicyclic) bond motifs is 1. The van der Waals surface area contributed by atoms with Gasteiger partial charge in [-0.3, -0.25) is 0 Å². The first-order valence-electron chi connectivity index (χ1n) is 14.0. The molecule has 3 unspecified atom stereocenters. The molecule has 2 saturated heterocycles. The molecule has 194 valence electrons. The van der Waals surface area contributed by atoms with Gasteiger partial charge in [-0.2, -0.15) is 0 Å². The molecule has 0 amide bonds. The number of allylic oxidation sites excluding steroid dienone is 1. The molecule has 2 saturated carbocycles. The third-order valence-electron chi connectivity index (χ3n) is 7.94. The van der Waals surface area contributed by atoms with Crippen molar-refractivity contribution in [2.45, 2.75) is 109 Å². The second kappa shape index (κ2) is 13.8. The molecule has 4 aliphatic rings. The van der Waals surface area contributed by atoms with Gasteiger partial charge in [0.05, 0.1) is 18.6 Å². The minimum Gasteiger partial charge on any atom is -0.392 e. The number of hydrogen-bond acceptors (Lipinski definition) is 5. The van der Waals surface area contributed by atoms with Crippen molar-refractivity contribution in [1.82, 2.24) is 0 Å². The average molecular weight is 485 g/mol. The second-order valence-electron chi connectivity index (χ2n) is 10.6. The number of aliphatic hydroxyl groups excluding tert-OH is 1. The summed E-state index contributed by atoms with van der Waals surface area (Å²) in [7, 11) is 0. The average Bonchev–Trinajstić information content (AvgIpc) is 3.40. The molecule has 4 rings (SSSR count). The normalized spacial score (nSPS) is 35.5. The summed E-state index contributed by atoms with van der Waals surface area (Å²) in [5.74, 6) is 15.1. The van der Waals surface area contributed by atoms with Crippen molar-refractivity contribution >= 4 is 0 Å². The van der Waals surface area contributed by atoms with Gasteiger partial charge in [-0.1, -0.05) is 37.3 Å². The van der Waals surface area contributed by atoms with Crippen molar-refractivity contribution in [2.75, 3.05) is 19.8 Å². The van der Waals surface area contributed by atoms with Crippen molar-refractivity contribution < 1.29 is 24.1 Å². The molecule has 1 N–H and O–H groups in total. The molecule has 8 atom stereocenters. The van der Waals surface area contributed by atoms with Gasteiger partial charge in [0.2, 0.25) is 0 Å². The zero-order valence-electron chi connectivity index (χ0n) is 21.7. The topological polar surface area (TPSA) is 57.2 Å². The fourth-order valence-electron chi connectivity index (χ4n) is 6.03. The molecule has 0 radical (unpaired) electrons. The molecule has 2 heterocycles. The molecule has 0 bridgehead atoms. The van der Waals surface area contributed by atoms with Crippen LogP contribution in [-0.4, -0.2) is 49.7 Å². The molecular weight excluding hydrogens is 440 g/mol. The van der Waals surface area contributed by atoms with E-state index in [-0.39, 0.29) is 43.2 Å². The number of ether oxygens (including phenoxy) is 4. The van der Waals surface area contributed by atoms with Gasteiger partial charge in [-0.05, 0) is 69.6 Å². The van der Waals surface area contributed by atoms with Crippen LogP contribution in [0.3, 0.4) is 0 Å². The summed E-state index contributed by atoms with van der Waals surface area (Å²) >= 11 is 0. The number of hydrogen-bond donors (Lipinski definition) is 1. The summed E-state index contributed by atoms with van der Waals surface area (Å²) in [5, 5.41) is 9.42.